The minimum atomic E-state index is -1.09. The first-order valence-corrected chi connectivity index (χ1v) is 11.7. The third-order valence-electron chi connectivity index (χ3n) is 4.09. The molecule has 0 fully saturated rings. The molecule has 0 saturated carbocycles. The predicted molar refractivity (Wildman–Crippen MR) is 126 cm³/mol. The van der Waals surface area contributed by atoms with Crippen LogP contribution in [-0.2, 0) is 34.9 Å². The molecule has 0 spiro atoms. The fourth-order valence-corrected chi connectivity index (χ4v) is 2.52. The highest BCUT2D eigenvalue weighted by atomic mass is 16.7. The molecule has 202 valence electrons. The smallest absolute Gasteiger partial charge is 0.458 e. The summed E-state index contributed by atoms with van der Waals surface area (Å²) >= 11 is 0. The molecule has 1 rings (SSSR count). The van der Waals surface area contributed by atoms with E-state index >= 15 is 0 Å². The van der Waals surface area contributed by atoms with Crippen molar-refractivity contribution >= 4 is 24.4 Å². The second-order valence-corrected chi connectivity index (χ2v) is 7.97. The van der Waals surface area contributed by atoms with Crippen LogP contribution in [0.5, 0.6) is 11.5 Å². The van der Waals surface area contributed by atoms with E-state index in [4.69, 9.17) is 38.9 Å². The molecule has 2 N–H and O–H groups in total. The van der Waals surface area contributed by atoms with Crippen molar-refractivity contribution in [2.45, 2.75) is 72.1 Å². The average Bonchev–Trinajstić information content (AvgIpc) is 2.81. The van der Waals surface area contributed by atoms with Gasteiger partial charge in [0.25, 0.3) is 0 Å². The Bertz CT molecular complexity index is 872. The summed E-state index contributed by atoms with van der Waals surface area (Å²) in [5, 5.41) is 0. The van der Waals surface area contributed by atoms with Crippen LogP contribution < -0.4 is 15.2 Å². The second kappa shape index (κ2) is 16.2. The Morgan fingerprint density at radius 2 is 1.39 bits per heavy atom. The van der Waals surface area contributed by atoms with Gasteiger partial charge in [0, 0.05) is 0 Å². The second-order valence-electron chi connectivity index (χ2n) is 7.97. The van der Waals surface area contributed by atoms with E-state index in [1.54, 1.807) is 13.8 Å². The van der Waals surface area contributed by atoms with Crippen LogP contribution in [0.15, 0.2) is 18.2 Å². The number of rotatable bonds is 13. The summed E-state index contributed by atoms with van der Waals surface area (Å²) < 4.78 is 35.0. The van der Waals surface area contributed by atoms with Crippen molar-refractivity contribution in [3.8, 4) is 11.5 Å². The zero-order valence-corrected chi connectivity index (χ0v) is 21.3. The third-order valence-corrected chi connectivity index (χ3v) is 4.09. The molecule has 0 bridgehead atoms. The molecule has 1 aromatic carbocycles. The SMILES string of the molecule is CCCOC(=O)Oc1ccc(C[C@H](N)C(=O)O[C@@H](C)COC(=O)OC(C)C)cc1OC(=O)OCCC. The van der Waals surface area contributed by atoms with Gasteiger partial charge in [0.05, 0.1) is 19.3 Å². The number of nitrogens with two attached hydrogens (primary N) is 1. The van der Waals surface area contributed by atoms with Gasteiger partial charge in [-0.2, -0.15) is 0 Å². The molecule has 0 aliphatic carbocycles. The lowest BCUT2D eigenvalue weighted by molar-refractivity contribution is -0.152. The van der Waals surface area contributed by atoms with Crippen LogP contribution in [0.2, 0.25) is 0 Å². The van der Waals surface area contributed by atoms with Crippen LogP contribution in [0.25, 0.3) is 0 Å². The Labute approximate surface area is 210 Å². The number of benzene rings is 1. The van der Waals surface area contributed by atoms with Crippen LogP contribution in [0, 0.1) is 0 Å². The molecule has 0 aliphatic heterocycles. The molecule has 1 aromatic rings. The largest absolute Gasteiger partial charge is 0.513 e. The maximum absolute atomic E-state index is 12.4. The molecule has 0 amide bonds. The zero-order valence-electron chi connectivity index (χ0n) is 21.3. The van der Waals surface area contributed by atoms with Crippen LogP contribution in [0.1, 0.15) is 53.0 Å². The van der Waals surface area contributed by atoms with Gasteiger partial charge < -0.3 is 38.9 Å². The molecule has 0 saturated heterocycles. The highest BCUT2D eigenvalue weighted by molar-refractivity contribution is 5.76. The fraction of sp³-hybridized carbons (Fsp3) is 0.583. The molecule has 36 heavy (non-hydrogen) atoms. The number of hydrogen-bond donors (Lipinski definition) is 1. The number of carbonyl (C=O) groups excluding carboxylic acids is 4. The monoisotopic (exact) mass is 513 g/mol. The summed E-state index contributed by atoms with van der Waals surface area (Å²) in [6.07, 6.45) is -2.75. The summed E-state index contributed by atoms with van der Waals surface area (Å²) in [4.78, 5) is 47.6. The lowest BCUT2D eigenvalue weighted by atomic mass is 10.1. The highest BCUT2D eigenvalue weighted by Crippen LogP contribution is 2.30. The molecule has 0 heterocycles. The van der Waals surface area contributed by atoms with E-state index in [0.29, 0.717) is 18.4 Å². The molecule has 12 nitrogen and oxygen atoms in total. The van der Waals surface area contributed by atoms with Gasteiger partial charge in [-0.15, -0.1) is 0 Å². The Morgan fingerprint density at radius 3 is 1.94 bits per heavy atom. The Hall–Kier alpha value is -3.54. The van der Waals surface area contributed by atoms with Crippen LogP contribution in [0.3, 0.4) is 0 Å². The minimum absolute atomic E-state index is 0.00271. The molecule has 12 heteroatoms. The van der Waals surface area contributed by atoms with Crippen LogP contribution in [0.4, 0.5) is 14.4 Å². The average molecular weight is 514 g/mol. The number of ether oxygens (including phenoxy) is 7. The summed E-state index contributed by atoms with van der Waals surface area (Å²) in [6.45, 7) is 8.61. The molecule has 0 aromatic heterocycles. The van der Waals surface area contributed by atoms with Gasteiger partial charge in [0.1, 0.15) is 18.8 Å². The van der Waals surface area contributed by atoms with E-state index in [-0.39, 0.29) is 43.8 Å². The lowest BCUT2D eigenvalue weighted by Crippen LogP contribution is -2.37. The molecular weight excluding hydrogens is 478 g/mol. The number of esters is 1. The first-order chi connectivity index (χ1) is 17.0. The first kappa shape index (κ1) is 30.5. The Morgan fingerprint density at radius 1 is 0.806 bits per heavy atom. The van der Waals surface area contributed by atoms with Crippen molar-refractivity contribution in [3.63, 3.8) is 0 Å². The molecular formula is C24H35NO11. The van der Waals surface area contributed by atoms with E-state index < -0.39 is 36.6 Å². The van der Waals surface area contributed by atoms with E-state index in [0.717, 1.165) is 0 Å². The normalized spacial score (nSPS) is 12.2. The van der Waals surface area contributed by atoms with Crippen molar-refractivity contribution in [2.75, 3.05) is 19.8 Å². The maximum atomic E-state index is 12.4. The summed E-state index contributed by atoms with van der Waals surface area (Å²) in [7, 11) is 0. The van der Waals surface area contributed by atoms with Crippen molar-refractivity contribution in [2.24, 2.45) is 5.73 Å². The number of hydrogen-bond acceptors (Lipinski definition) is 12. The molecule has 0 radical (unpaired) electrons. The van der Waals surface area contributed by atoms with Gasteiger partial charge >= 0.3 is 24.4 Å². The van der Waals surface area contributed by atoms with Gasteiger partial charge in [-0.05, 0) is 57.7 Å². The lowest BCUT2D eigenvalue weighted by Gasteiger charge is -2.18. The molecule has 2 atom stereocenters. The van der Waals surface area contributed by atoms with Crippen LogP contribution in [-0.4, -0.2) is 62.5 Å². The maximum Gasteiger partial charge on any atom is 0.513 e. The number of carbonyl (C=O) groups is 4. The summed E-state index contributed by atoms with van der Waals surface area (Å²) in [6, 6.07) is 3.21. The van der Waals surface area contributed by atoms with Gasteiger partial charge in [-0.25, -0.2) is 14.4 Å². The van der Waals surface area contributed by atoms with Gasteiger partial charge in [0.2, 0.25) is 0 Å². The standard InChI is InChI=1S/C24H35NO11/c1-6-10-30-22(27)35-19-9-8-17(13-20(19)36-23(28)31-11-7-2)12-18(25)21(26)34-16(5)14-32-24(29)33-15(3)4/h8-9,13,15-16,18H,6-7,10-12,14,25H2,1-5H3/t16-,18-/m0/s1. The van der Waals surface area contributed by atoms with Crippen molar-refractivity contribution < 1.29 is 52.3 Å². The third kappa shape index (κ3) is 12.2. The summed E-state index contributed by atoms with van der Waals surface area (Å²) in [5.74, 6) is -0.937. The Balaban J connectivity index is 2.82. The van der Waals surface area contributed by atoms with Crippen molar-refractivity contribution in [1.29, 1.82) is 0 Å². The quantitative estimate of drug-likeness (QED) is 0.231. The van der Waals surface area contributed by atoms with E-state index in [1.165, 1.54) is 25.1 Å². The van der Waals surface area contributed by atoms with E-state index in [2.05, 4.69) is 0 Å². The van der Waals surface area contributed by atoms with Crippen molar-refractivity contribution in [1.82, 2.24) is 0 Å². The zero-order chi connectivity index (χ0) is 27.1. The van der Waals surface area contributed by atoms with Crippen molar-refractivity contribution in [3.05, 3.63) is 23.8 Å². The fourth-order valence-electron chi connectivity index (χ4n) is 2.52. The Kier molecular flexibility index (Phi) is 13.7. The molecule has 0 aliphatic rings. The predicted octanol–water partition coefficient (Wildman–Crippen LogP) is 3.90. The van der Waals surface area contributed by atoms with Gasteiger partial charge in [0.15, 0.2) is 11.5 Å². The summed E-state index contributed by atoms with van der Waals surface area (Å²) in [5.41, 5.74) is 6.45. The van der Waals surface area contributed by atoms with Gasteiger partial charge in [-0.3, -0.25) is 4.79 Å². The van der Waals surface area contributed by atoms with Gasteiger partial charge in [-0.1, -0.05) is 19.9 Å². The van der Waals surface area contributed by atoms with E-state index in [9.17, 15) is 19.2 Å². The highest BCUT2D eigenvalue weighted by Gasteiger charge is 2.22. The van der Waals surface area contributed by atoms with E-state index in [1.807, 2.05) is 13.8 Å². The molecule has 0 unspecified atom stereocenters. The first-order valence-electron chi connectivity index (χ1n) is 11.7. The minimum Gasteiger partial charge on any atom is -0.458 e. The topological polar surface area (TPSA) is 159 Å². The van der Waals surface area contributed by atoms with Crippen LogP contribution >= 0.6 is 0 Å².